The smallest absolute Gasteiger partial charge is 0.174 e. The van der Waals surface area contributed by atoms with Gasteiger partial charge in [-0.1, -0.05) is 42.5 Å². The number of benzene rings is 3. The summed E-state index contributed by atoms with van der Waals surface area (Å²) in [5.74, 6) is 1.39. The van der Waals surface area contributed by atoms with Gasteiger partial charge in [-0.15, -0.1) is 0 Å². The number of rotatable bonds is 5. The minimum Gasteiger partial charge on any atom is -0.337 e. The molecule has 0 atom stereocenters. The SMILES string of the molecule is Cc1cc(C)cc(Nc2ncc(-c3c(C)cccc3C)nc2Nc2ccccc2)c1. The molecular formula is C26H26N4. The molecule has 4 heteroatoms. The first-order valence-corrected chi connectivity index (χ1v) is 10.1. The van der Waals surface area contributed by atoms with Crippen LogP contribution in [0.5, 0.6) is 0 Å². The molecule has 0 amide bonds. The van der Waals surface area contributed by atoms with Gasteiger partial charge in [-0.2, -0.15) is 0 Å². The second-order valence-electron chi connectivity index (χ2n) is 7.71. The van der Waals surface area contributed by atoms with Gasteiger partial charge in [0, 0.05) is 16.9 Å². The molecule has 150 valence electrons. The molecule has 4 aromatic rings. The van der Waals surface area contributed by atoms with Crippen molar-refractivity contribution in [3.63, 3.8) is 0 Å². The highest BCUT2D eigenvalue weighted by Gasteiger charge is 2.13. The Morgan fingerprint density at radius 3 is 1.93 bits per heavy atom. The molecule has 0 saturated heterocycles. The topological polar surface area (TPSA) is 49.8 Å². The molecule has 0 aliphatic heterocycles. The van der Waals surface area contributed by atoms with Crippen molar-refractivity contribution in [2.24, 2.45) is 0 Å². The van der Waals surface area contributed by atoms with E-state index in [4.69, 9.17) is 9.97 Å². The summed E-state index contributed by atoms with van der Waals surface area (Å²) in [7, 11) is 0. The van der Waals surface area contributed by atoms with Gasteiger partial charge in [0.1, 0.15) is 0 Å². The first kappa shape index (κ1) is 19.6. The first-order valence-electron chi connectivity index (χ1n) is 10.1. The van der Waals surface area contributed by atoms with Crippen LogP contribution >= 0.6 is 0 Å². The molecule has 0 radical (unpaired) electrons. The van der Waals surface area contributed by atoms with E-state index in [1.807, 2.05) is 36.5 Å². The standard InChI is InChI=1S/C26H26N4/c1-17-13-18(2)15-22(14-17)29-25-26(28-21-11-6-5-7-12-21)30-23(16-27-25)24-19(3)9-8-10-20(24)4/h5-16H,1-4H3,(H,27,29)(H,28,30). The van der Waals surface area contributed by atoms with Crippen LogP contribution in [-0.4, -0.2) is 9.97 Å². The van der Waals surface area contributed by atoms with E-state index < -0.39 is 0 Å². The average molecular weight is 395 g/mol. The minimum atomic E-state index is 0.693. The molecule has 4 rings (SSSR count). The molecule has 0 unspecified atom stereocenters. The minimum absolute atomic E-state index is 0.693. The van der Waals surface area contributed by atoms with Crippen molar-refractivity contribution >= 4 is 23.0 Å². The van der Waals surface area contributed by atoms with E-state index in [1.165, 1.54) is 22.3 Å². The Morgan fingerprint density at radius 2 is 1.27 bits per heavy atom. The number of anilines is 4. The third-order valence-corrected chi connectivity index (χ3v) is 5.03. The van der Waals surface area contributed by atoms with E-state index in [0.717, 1.165) is 22.6 Å². The van der Waals surface area contributed by atoms with Gasteiger partial charge in [0.25, 0.3) is 0 Å². The quantitative estimate of drug-likeness (QED) is 0.388. The monoisotopic (exact) mass is 394 g/mol. The predicted octanol–water partition coefficient (Wildman–Crippen LogP) is 6.86. The number of nitrogens with zero attached hydrogens (tertiary/aromatic N) is 2. The van der Waals surface area contributed by atoms with Gasteiger partial charge in [0.2, 0.25) is 0 Å². The molecule has 0 aliphatic carbocycles. The van der Waals surface area contributed by atoms with Gasteiger partial charge < -0.3 is 10.6 Å². The van der Waals surface area contributed by atoms with E-state index in [2.05, 4.69) is 74.7 Å². The molecule has 4 nitrogen and oxygen atoms in total. The van der Waals surface area contributed by atoms with Gasteiger partial charge in [-0.3, -0.25) is 0 Å². The maximum absolute atomic E-state index is 4.96. The van der Waals surface area contributed by atoms with Gasteiger partial charge in [-0.05, 0) is 74.2 Å². The van der Waals surface area contributed by atoms with Crippen LogP contribution in [0.4, 0.5) is 23.0 Å². The fourth-order valence-electron chi connectivity index (χ4n) is 3.75. The maximum atomic E-state index is 4.96. The normalized spacial score (nSPS) is 10.7. The van der Waals surface area contributed by atoms with Crippen molar-refractivity contribution in [3.05, 3.63) is 95.2 Å². The zero-order valence-electron chi connectivity index (χ0n) is 17.8. The van der Waals surface area contributed by atoms with Crippen LogP contribution in [0.1, 0.15) is 22.3 Å². The van der Waals surface area contributed by atoms with E-state index in [-0.39, 0.29) is 0 Å². The zero-order chi connectivity index (χ0) is 21.1. The summed E-state index contributed by atoms with van der Waals surface area (Å²) >= 11 is 0. The molecule has 1 heterocycles. The second kappa shape index (κ2) is 8.37. The molecule has 0 bridgehead atoms. The van der Waals surface area contributed by atoms with Crippen molar-refractivity contribution < 1.29 is 0 Å². The maximum Gasteiger partial charge on any atom is 0.174 e. The summed E-state index contributed by atoms with van der Waals surface area (Å²) in [6, 6.07) is 22.7. The summed E-state index contributed by atoms with van der Waals surface area (Å²) in [4.78, 5) is 9.72. The summed E-state index contributed by atoms with van der Waals surface area (Å²) < 4.78 is 0. The van der Waals surface area contributed by atoms with Crippen LogP contribution in [0.3, 0.4) is 0 Å². The molecule has 2 N–H and O–H groups in total. The molecule has 30 heavy (non-hydrogen) atoms. The van der Waals surface area contributed by atoms with Crippen molar-refractivity contribution in [2.75, 3.05) is 10.6 Å². The van der Waals surface area contributed by atoms with Crippen LogP contribution in [0, 0.1) is 27.7 Å². The number of para-hydroxylation sites is 1. The molecular weight excluding hydrogens is 368 g/mol. The summed E-state index contributed by atoms with van der Waals surface area (Å²) in [5, 5.41) is 6.88. The van der Waals surface area contributed by atoms with Crippen LogP contribution in [0.2, 0.25) is 0 Å². The van der Waals surface area contributed by atoms with Crippen molar-refractivity contribution in [2.45, 2.75) is 27.7 Å². The van der Waals surface area contributed by atoms with Gasteiger partial charge >= 0.3 is 0 Å². The Labute approximate surface area is 178 Å². The Bertz CT molecular complexity index is 1140. The lowest BCUT2D eigenvalue weighted by atomic mass is 10.0. The lowest BCUT2D eigenvalue weighted by Crippen LogP contribution is -2.04. The highest BCUT2D eigenvalue weighted by atomic mass is 15.1. The third kappa shape index (κ3) is 4.33. The highest BCUT2D eigenvalue weighted by molar-refractivity contribution is 5.76. The van der Waals surface area contributed by atoms with Crippen LogP contribution in [0.15, 0.2) is 72.9 Å². The van der Waals surface area contributed by atoms with Gasteiger partial charge in [-0.25, -0.2) is 9.97 Å². The van der Waals surface area contributed by atoms with Gasteiger partial charge in [0.05, 0.1) is 11.9 Å². The summed E-state index contributed by atoms with van der Waals surface area (Å²) in [6.07, 6.45) is 1.84. The molecule has 0 aliphatic rings. The fraction of sp³-hybridized carbons (Fsp3) is 0.154. The predicted molar refractivity (Wildman–Crippen MR) is 126 cm³/mol. The van der Waals surface area contributed by atoms with Crippen molar-refractivity contribution in [1.29, 1.82) is 0 Å². The molecule has 3 aromatic carbocycles. The summed E-state index contributed by atoms with van der Waals surface area (Å²) in [6.45, 7) is 8.40. The Morgan fingerprint density at radius 1 is 0.633 bits per heavy atom. The highest BCUT2D eigenvalue weighted by Crippen LogP contribution is 2.31. The first-order chi connectivity index (χ1) is 14.5. The fourth-order valence-corrected chi connectivity index (χ4v) is 3.75. The second-order valence-corrected chi connectivity index (χ2v) is 7.71. The molecule has 0 fully saturated rings. The van der Waals surface area contributed by atoms with Crippen molar-refractivity contribution in [3.8, 4) is 11.3 Å². The lowest BCUT2D eigenvalue weighted by Gasteiger charge is -2.16. The Hall–Kier alpha value is -3.66. The number of nitrogens with one attached hydrogen (secondary N) is 2. The number of hydrogen-bond donors (Lipinski definition) is 2. The van der Waals surface area contributed by atoms with Crippen LogP contribution in [-0.2, 0) is 0 Å². The number of aryl methyl sites for hydroxylation is 4. The Kier molecular flexibility index (Phi) is 5.48. The molecule has 0 spiro atoms. The van der Waals surface area contributed by atoms with Crippen LogP contribution in [0.25, 0.3) is 11.3 Å². The van der Waals surface area contributed by atoms with E-state index in [9.17, 15) is 0 Å². The zero-order valence-corrected chi connectivity index (χ0v) is 17.8. The molecule has 1 aromatic heterocycles. The van der Waals surface area contributed by atoms with E-state index >= 15 is 0 Å². The number of hydrogen-bond acceptors (Lipinski definition) is 4. The van der Waals surface area contributed by atoms with Crippen LogP contribution < -0.4 is 10.6 Å². The average Bonchev–Trinajstić information content (AvgIpc) is 2.70. The third-order valence-electron chi connectivity index (χ3n) is 5.03. The van der Waals surface area contributed by atoms with Gasteiger partial charge in [0.15, 0.2) is 11.6 Å². The molecule has 0 saturated carbocycles. The number of aromatic nitrogens is 2. The summed E-state index contributed by atoms with van der Waals surface area (Å²) in [5.41, 5.74) is 8.72. The van der Waals surface area contributed by atoms with E-state index in [1.54, 1.807) is 0 Å². The van der Waals surface area contributed by atoms with Crippen molar-refractivity contribution in [1.82, 2.24) is 9.97 Å². The largest absolute Gasteiger partial charge is 0.337 e. The van der Waals surface area contributed by atoms with E-state index in [0.29, 0.717) is 11.6 Å². The Balaban J connectivity index is 1.79. The lowest BCUT2D eigenvalue weighted by molar-refractivity contribution is 1.18.